The highest BCUT2D eigenvalue weighted by Crippen LogP contribution is 2.31. The molecule has 1 aromatic carbocycles. The van der Waals surface area contributed by atoms with Gasteiger partial charge in [-0.3, -0.25) is 4.79 Å². The van der Waals surface area contributed by atoms with Crippen molar-refractivity contribution in [3.05, 3.63) is 41.0 Å². The van der Waals surface area contributed by atoms with Gasteiger partial charge in [-0.1, -0.05) is 36.0 Å². The smallest absolute Gasteiger partial charge is 0.218 e. The molecular weight excluding hydrogens is 208 g/mol. The van der Waals surface area contributed by atoms with E-state index in [4.69, 9.17) is 0 Å². The molecule has 2 rings (SSSR count). The van der Waals surface area contributed by atoms with Crippen LogP contribution in [0.25, 0.3) is 5.76 Å². The van der Waals surface area contributed by atoms with E-state index in [1.807, 2.05) is 24.3 Å². The van der Waals surface area contributed by atoms with Crippen LogP contribution in [0.4, 0.5) is 0 Å². The van der Waals surface area contributed by atoms with Crippen molar-refractivity contribution in [3.8, 4) is 0 Å². The Hall–Kier alpha value is -1.22. The fraction of sp³-hybridized carbons (Fsp3) is 0.250. The highest BCUT2D eigenvalue weighted by molar-refractivity contribution is 8.13. The topological polar surface area (TPSA) is 37.3 Å². The van der Waals surface area contributed by atoms with E-state index in [9.17, 15) is 9.90 Å². The Labute approximate surface area is 93.0 Å². The van der Waals surface area contributed by atoms with Gasteiger partial charge >= 0.3 is 0 Å². The summed E-state index contributed by atoms with van der Waals surface area (Å²) in [6.07, 6.45) is 3.22. The first-order chi connectivity index (χ1) is 7.24. The Bertz CT molecular complexity index is 435. The molecule has 0 bridgehead atoms. The van der Waals surface area contributed by atoms with Crippen LogP contribution in [0.1, 0.15) is 17.5 Å². The van der Waals surface area contributed by atoms with Crippen LogP contribution >= 0.6 is 11.8 Å². The monoisotopic (exact) mass is 220 g/mol. The van der Waals surface area contributed by atoms with Crippen molar-refractivity contribution in [1.29, 1.82) is 0 Å². The first-order valence-corrected chi connectivity index (χ1v) is 6.05. The molecule has 0 radical (unpaired) electrons. The van der Waals surface area contributed by atoms with Crippen molar-refractivity contribution in [3.63, 3.8) is 0 Å². The van der Waals surface area contributed by atoms with E-state index in [0.717, 1.165) is 29.3 Å². The Balaban J connectivity index is 2.49. The zero-order valence-electron chi connectivity index (χ0n) is 8.49. The number of carbonyl (C=O) groups is 1. The highest BCUT2D eigenvalue weighted by Gasteiger charge is 2.22. The van der Waals surface area contributed by atoms with Crippen LogP contribution in [0.5, 0.6) is 0 Å². The van der Waals surface area contributed by atoms with Gasteiger partial charge in [0.05, 0.1) is 0 Å². The lowest BCUT2D eigenvalue weighted by molar-refractivity contribution is -0.108. The molecule has 0 fully saturated rings. The molecular formula is C12H12O2S. The van der Waals surface area contributed by atoms with Crippen LogP contribution < -0.4 is 0 Å². The van der Waals surface area contributed by atoms with Crippen LogP contribution in [0.2, 0.25) is 0 Å². The molecule has 0 unspecified atom stereocenters. The predicted octanol–water partition coefficient (Wildman–Crippen LogP) is 2.79. The lowest BCUT2D eigenvalue weighted by Gasteiger charge is -2.17. The fourth-order valence-electron chi connectivity index (χ4n) is 1.83. The van der Waals surface area contributed by atoms with Gasteiger partial charge in [0, 0.05) is 11.1 Å². The predicted molar refractivity (Wildman–Crippen MR) is 62.8 cm³/mol. The molecule has 0 saturated carbocycles. The van der Waals surface area contributed by atoms with E-state index < -0.39 is 0 Å². The van der Waals surface area contributed by atoms with Crippen LogP contribution in [0.15, 0.2) is 29.8 Å². The molecule has 0 aromatic heterocycles. The van der Waals surface area contributed by atoms with Crippen LogP contribution in [0, 0.1) is 0 Å². The van der Waals surface area contributed by atoms with Gasteiger partial charge in [0.1, 0.15) is 5.76 Å². The summed E-state index contributed by atoms with van der Waals surface area (Å²) in [5, 5.41) is 9.94. The van der Waals surface area contributed by atoms with Crippen molar-refractivity contribution in [2.24, 2.45) is 0 Å². The molecule has 1 aromatic rings. The molecule has 1 aliphatic carbocycles. The third kappa shape index (κ3) is 1.79. The largest absolute Gasteiger partial charge is 0.507 e. The molecule has 3 heteroatoms. The molecule has 0 saturated heterocycles. The van der Waals surface area contributed by atoms with Crippen molar-refractivity contribution in [1.82, 2.24) is 0 Å². The molecule has 1 N–H and O–H groups in total. The number of hydrogen-bond donors (Lipinski definition) is 1. The standard InChI is InChI=1S/C12H12O2S/c1-15-12(14)10-7-6-8-4-2-3-5-9(8)11(10)13/h2-5,13H,6-7H2,1H3. The average molecular weight is 220 g/mol. The van der Waals surface area contributed by atoms with Crippen molar-refractivity contribution >= 4 is 22.6 Å². The van der Waals surface area contributed by atoms with E-state index in [1.165, 1.54) is 0 Å². The maximum absolute atomic E-state index is 11.5. The summed E-state index contributed by atoms with van der Waals surface area (Å²) in [6.45, 7) is 0. The first kappa shape index (κ1) is 10.3. The average Bonchev–Trinajstić information content (AvgIpc) is 2.29. The van der Waals surface area contributed by atoms with Crippen molar-refractivity contribution in [2.45, 2.75) is 12.8 Å². The van der Waals surface area contributed by atoms with Crippen LogP contribution in [-0.4, -0.2) is 16.5 Å². The number of benzene rings is 1. The summed E-state index contributed by atoms with van der Waals surface area (Å²) in [6, 6.07) is 7.68. The summed E-state index contributed by atoms with van der Waals surface area (Å²) in [7, 11) is 0. The van der Waals surface area contributed by atoms with Crippen molar-refractivity contribution in [2.75, 3.05) is 6.26 Å². The maximum Gasteiger partial charge on any atom is 0.218 e. The lowest BCUT2D eigenvalue weighted by atomic mass is 9.91. The number of hydrogen-bond acceptors (Lipinski definition) is 3. The van der Waals surface area contributed by atoms with Crippen LogP contribution in [0.3, 0.4) is 0 Å². The first-order valence-electron chi connectivity index (χ1n) is 4.82. The van der Waals surface area contributed by atoms with Gasteiger partial charge < -0.3 is 5.11 Å². The number of thioether (sulfide) groups is 1. The fourth-order valence-corrected chi connectivity index (χ4v) is 2.28. The number of aliphatic hydroxyl groups is 1. The Morgan fingerprint density at radius 2 is 2.07 bits per heavy atom. The second-order valence-corrected chi connectivity index (χ2v) is 4.25. The number of fused-ring (bicyclic) bond motifs is 1. The second-order valence-electron chi connectivity index (χ2n) is 3.48. The van der Waals surface area contributed by atoms with E-state index >= 15 is 0 Å². The number of aryl methyl sites for hydroxylation is 1. The molecule has 0 amide bonds. The molecule has 78 valence electrons. The summed E-state index contributed by atoms with van der Waals surface area (Å²) in [4.78, 5) is 11.5. The van der Waals surface area contributed by atoms with Gasteiger partial charge in [-0.05, 0) is 24.7 Å². The SMILES string of the molecule is CSC(=O)C1=C(O)c2ccccc2CC1. The molecule has 0 spiro atoms. The van der Waals surface area contributed by atoms with Gasteiger partial charge in [-0.15, -0.1) is 0 Å². The Morgan fingerprint density at radius 1 is 1.33 bits per heavy atom. The number of aliphatic hydroxyl groups excluding tert-OH is 1. The van der Waals surface area contributed by atoms with E-state index in [0.29, 0.717) is 12.0 Å². The van der Waals surface area contributed by atoms with Gasteiger partial charge in [-0.2, -0.15) is 0 Å². The minimum absolute atomic E-state index is 0.0259. The molecule has 1 aliphatic rings. The Kier molecular flexibility index (Phi) is 2.82. The van der Waals surface area contributed by atoms with E-state index in [-0.39, 0.29) is 10.9 Å². The minimum atomic E-state index is -0.0259. The molecule has 2 nitrogen and oxygen atoms in total. The van der Waals surface area contributed by atoms with E-state index in [2.05, 4.69) is 0 Å². The highest BCUT2D eigenvalue weighted by atomic mass is 32.2. The Morgan fingerprint density at radius 3 is 2.80 bits per heavy atom. The zero-order chi connectivity index (χ0) is 10.8. The number of rotatable bonds is 1. The van der Waals surface area contributed by atoms with E-state index in [1.54, 1.807) is 6.26 Å². The summed E-state index contributed by atoms with van der Waals surface area (Å²) < 4.78 is 0. The summed E-state index contributed by atoms with van der Waals surface area (Å²) >= 11 is 1.15. The van der Waals surface area contributed by atoms with Crippen LogP contribution in [-0.2, 0) is 11.2 Å². The van der Waals surface area contributed by atoms with Gasteiger partial charge in [0.15, 0.2) is 0 Å². The summed E-state index contributed by atoms with van der Waals surface area (Å²) in [5.74, 6) is 0.163. The molecule has 0 aliphatic heterocycles. The summed E-state index contributed by atoms with van der Waals surface area (Å²) in [5.41, 5.74) is 2.48. The zero-order valence-corrected chi connectivity index (χ0v) is 9.30. The third-order valence-electron chi connectivity index (χ3n) is 2.63. The second kappa shape index (κ2) is 4.11. The van der Waals surface area contributed by atoms with Gasteiger partial charge in [0.2, 0.25) is 5.12 Å². The molecule has 15 heavy (non-hydrogen) atoms. The molecule has 0 atom stereocenters. The quantitative estimate of drug-likeness (QED) is 0.790. The minimum Gasteiger partial charge on any atom is -0.507 e. The maximum atomic E-state index is 11.5. The number of carbonyl (C=O) groups excluding carboxylic acids is 1. The van der Waals surface area contributed by atoms with Gasteiger partial charge in [-0.25, -0.2) is 0 Å². The normalized spacial score (nSPS) is 15.0. The van der Waals surface area contributed by atoms with Gasteiger partial charge in [0.25, 0.3) is 0 Å². The lowest BCUT2D eigenvalue weighted by Crippen LogP contribution is -2.09. The third-order valence-corrected chi connectivity index (χ3v) is 3.25. The van der Waals surface area contributed by atoms with Crippen molar-refractivity contribution < 1.29 is 9.90 Å². The molecule has 0 heterocycles.